The molecule has 0 saturated carbocycles. The number of amides is 1. The van der Waals surface area contributed by atoms with Crippen molar-refractivity contribution in [1.82, 2.24) is 10.2 Å². The molecule has 0 radical (unpaired) electrons. The fraction of sp³-hybridized carbons (Fsp3) is 0.350. The Morgan fingerprint density at radius 2 is 1.57 bits per heavy atom. The van der Waals surface area contributed by atoms with Crippen molar-refractivity contribution in [2.45, 2.75) is 26.3 Å². The first-order valence-electron chi connectivity index (χ1n) is 8.35. The van der Waals surface area contributed by atoms with Gasteiger partial charge < -0.3 is 5.32 Å². The molecule has 0 unspecified atom stereocenters. The Labute approximate surface area is 139 Å². The van der Waals surface area contributed by atoms with Crippen LogP contribution in [0.25, 0.3) is 0 Å². The molecule has 0 aromatic heterocycles. The molecule has 0 atom stereocenters. The van der Waals surface area contributed by atoms with E-state index in [4.69, 9.17) is 0 Å². The van der Waals surface area contributed by atoms with Gasteiger partial charge >= 0.3 is 0 Å². The fourth-order valence-electron chi connectivity index (χ4n) is 2.53. The summed E-state index contributed by atoms with van der Waals surface area (Å²) in [5.74, 6) is 0.132. The summed E-state index contributed by atoms with van der Waals surface area (Å²) in [5, 5.41) is 3.01. The number of rotatable bonds is 9. The van der Waals surface area contributed by atoms with Crippen molar-refractivity contribution < 1.29 is 4.79 Å². The average Bonchev–Trinajstić information content (AvgIpc) is 2.60. The third kappa shape index (κ3) is 6.66. The summed E-state index contributed by atoms with van der Waals surface area (Å²) in [6, 6.07) is 20.6. The zero-order valence-corrected chi connectivity index (χ0v) is 13.9. The predicted molar refractivity (Wildman–Crippen MR) is 95.2 cm³/mol. The molecule has 1 amide bonds. The van der Waals surface area contributed by atoms with Crippen LogP contribution in [0.3, 0.4) is 0 Å². The van der Waals surface area contributed by atoms with E-state index in [1.54, 1.807) is 0 Å². The van der Waals surface area contributed by atoms with E-state index in [0.29, 0.717) is 13.0 Å². The number of carbonyl (C=O) groups is 1. The lowest BCUT2D eigenvalue weighted by Crippen LogP contribution is -2.31. The third-order valence-corrected chi connectivity index (χ3v) is 3.93. The summed E-state index contributed by atoms with van der Waals surface area (Å²) >= 11 is 0. The molecular formula is C20H26N2O. The quantitative estimate of drug-likeness (QED) is 0.771. The normalized spacial score (nSPS) is 10.7. The third-order valence-electron chi connectivity index (χ3n) is 3.93. The van der Waals surface area contributed by atoms with Gasteiger partial charge in [0.15, 0.2) is 0 Å². The molecular weight excluding hydrogens is 284 g/mol. The maximum atomic E-state index is 12.0. The van der Waals surface area contributed by atoms with Crippen LogP contribution in [0.2, 0.25) is 0 Å². The Kier molecular flexibility index (Phi) is 7.34. The highest BCUT2D eigenvalue weighted by Gasteiger charge is 2.07. The molecule has 2 rings (SSSR count). The highest BCUT2D eigenvalue weighted by Crippen LogP contribution is 2.05. The van der Waals surface area contributed by atoms with Gasteiger partial charge in [-0.05, 0) is 24.1 Å². The second-order valence-corrected chi connectivity index (χ2v) is 5.69. The van der Waals surface area contributed by atoms with E-state index in [2.05, 4.69) is 53.5 Å². The number of hydrogen-bond donors (Lipinski definition) is 1. The van der Waals surface area contributed by atoms with Crippen LogP contribution in [0.5, 0.6) is 0 Å². The standard InChI is InChI=1S/C20H26N2O/c1-2-22(17-19-11-7-4-8-12-19)16-14-20(23)21-15-13-18-9-5-3-6-10-18/h3-12H,2,13-17H2,1H3,(H,21,23). The lowest BCUT2D eigenvalue weighted by atomic mass is 10.1. The van der Waals surface area contributed by atoms with Crippen molar-refractivity contribution in [3.63, 3.8) is 0 Å². The van der Waals surface area contributed by atoms with Gasteiger partial charge in [0, 0.05) is 26.1 Å². The van der Waals surface area contributed by atoms with Crippen LogP contribution in [0.1, 0.15) is 24.5 Å². The molecule has 122 valence electrons. The average molecular weight is 310 g/mol. The van der Waals surface area contributed by atoms with Crippen LogP contribution in [-0.2, 0) is 17.8 Å². The minimum Gasteiger partial charge on any atom is -0.356 e. The molecule has 3 nitrogen and oxygen atoms in total. The van der Waals surface area contributed by atoms with Crippen LogP contribution >= 0.6 is 0 Å². The molecule has 2 aromatic rings. The zero-order valence-electron chi connectivity index (χ0n) is 13.9. The van der Waals surface area contributed by atoms with Gasteiger partial charge in [0.2, 0.25) is 5.91 Å². The Bertz CT molecular complexity index is 569. The summed E-state index contributed by atoms with van der Waals surface area (Å²) < 4.78 is 0. The number of hydrogen-bond acceptors (Lipinski definition) is 2. The number of benzene rings is 2. The van der Waals surface area contributed by atoms with Crippen molar-refractivity contribution in [3.05, 3.63) is 71.8 Å². The SMILES string of the molecule is CCN(CCC(=O)NCCc1ccccc1)Cc1ccccc1. The predicted octanol–water partition coefficient (Wildman–Crippen LogP) is 3.26. The molecule has 2 aromatic carbocycles. The Morgan fingerprint density at radius 3 is 2.17 bits per heavy atom. The van der Waals surface area contributed by atoms with Gasteiger partial charge in [0.05, 0.1) is 0 Å². The lowest BCUT2D eigenvalue weighted by molar-refractivity contribution is -0.121. The van der Waals surface area contributed by atoms with E-state index < -0.39 is 0 Å². The monoisotopic (exact) mass is 310 g/mol. The smallest absolute Gasteiger partial charge is 0.221 e. The highest BCUT2D eigenvalue weighted by atomic mass is 16.1. The molecule has 0 aliphatic carbocycles. The molecule has 0 aliphatic rings. The van der Waals surface area contributed by atoms with Gasteiger partial charge in [-0.25, -0.2) is 0 Å². The number of nitrogens with zero attached hydrogens (tertiary/aromatic N) is 1. The van der Waals surface area contributed by atoms with Crippen LogP contribution in [0.15, 0.2) is 60.7 Å². The maximum Gasteiger partial charge on any atom is 0.221 e. The summed E-state index contributed by atoms with van der Waals surface area (Å²) in [4.78, 5) is 14.3. The first-order valence-corrected chi connectivity index (χ1v) is 8.35. The summed E-state index contributed by atoms with van der Waals surface area (Å²) in [6.07, 6.45) is 1.43. The van der Waals surface area contributed by atoms with Crippen molar-refractivity contribution in [3.8, 4) is 0 Å². The Balaban J connectivity index is 1.66. The molecule has 0 saturated heterocycles. The van der Waals surface area contributed by atoms with E-state index in [9.17, 15) is 4.79 Å². The van der Waals surface area contributed by atoms with Crippen molar-refractivity contribution in [1.29, 1.82) is 0 Å². The molecule has 0 heterocycles. The molecule has 0 fully saturated rings. The van der Waals surface area contributed by atoms with Crippen molar-refractivity contribution in [2.75, 3.05) is 19.6 Å². The minimum atomic E-state index is 0.132. The molecule has 23 heavy (non-hydrogen) atoms. The van der Waals surface area contributed by atoms with Gasteiger partial charge in [-0.1, -0.05) is 67.6 Å². The summed E-state index contributed by atoms with van der Waals surface area (Å²) in [6.45, 7) is 5.48. The summed E-state index contributed by atoms with van der Waals surface area (Å²) in [5.41, 5.74) is 2.55. The van der Waals surface area contributed by atoms with Crippen LogP contribution < -0.4 is 5.32 Å². The molecule has 0 bridgehead atoms. The Morgan fingerprint density at radius 1 is 0.957 bits per heavy atom. The number of carbonyl (C=O) groups excluding carboxylic acids is 1. The molecule has 0 aliphatic heterocycles. The second kappa shape index (κ2) is 9.80. The van der Waals surface area contributed by atoms with Gasteiger partial charge in [-0.2, -0.15) is 0 Å². The first kappa shape index (κ1) is 17.2. The van der Waals surface area contributed by atoms with Gasteiger partial charge in [-0.15, -0.1) is 0 Å². The van der Waals surface area contributed by atoms with Crippen molar-refractivity contribution >= 4 is 5.91 Å². The van der Waals surface area contributed by atoms with Crippen LogP contribution in [0, 0.1) is 0 Å². The molecule has 3 heteroatoms. The summed E-state index contributed by atoms with van der Waals surface area (Å²) in [7, 11) is 0. The van der Waals surface area contributed by atoms with E-state index >= 15 is 0 Å². The topological polar surface area (TPSA) is 32.3 Å². The van der Waals surface area contributed by atoms with Crippen LogP contribution in [0.4, 0.5) is 0 Å². The first-order chi connectivity index (χ1) is 11.3. The zero-order chi connectivity index (χ0) is 16.3. The van der Waals surface area contributed by atoms with E-state index in [-0.39, 0.29) is 5.91 Å². The van der Waals surface area contributed by atoms with E-state index in [0.717, 1.165) is 26.1 Å². The Hall–Kier alpha value is -2.13. The van der Waals surface area contributed by atoms with Crippen LogP contribution in [-0.4, -0.2) is 30.4 Å². The second-order valence-electron chi connectivity index (χ2n) is 5.69. The van der Waals surface area contributed by atoms with Gasteiger partial charge in [0.25, 0.3) is 0 Å². The van der Waals surface area contributed by atoms with Gasteiger partial charge in [0.1, 0.15) is 0 Å². The van der Waals surface area contributed by atoms with Gasteiger partial charge in [-0.3, -0.25) is 9.69 Å². The highest BCUT2D eigenvalue weighted by molar-refractivity contribution is 5.76. The molecule has 0 spiro atoms. The molecule has 1 N–H and O–H groups in total. The maximum absolute atomic E-state index is 12.0. The fourth-order valence-corrected chi connectivity index (χ4v) is 2.53. The number of nitrogens with one attached hydrogen (secondary N) is 1. The van der Waals surface area contributed by atoms with E-state index in [1.807, 2.05) is 24.3 Å². The van der Waals surface area contributed by atoms with Crippen molar-refractivity contribution in [2.24, 2.45) is 0 Å². The minimum absolute atomic E-state index is 0.132. The van der Waals surface area contributed by atoms with E-state index in [1.165, 1.54) is 11.1 Å². The lowest BCUT2D eigenvalue weighted by Gasteiger charge is -2.20. The largest absolute Gasteiger partial charge is 0.356 e.